The quantitative estimate of drug-likeness (QED) is 0.747. The minimum absolute atomic E-state index is 0.147. The Kier molecular flexibility index (Phi) is 5.03. The fourth-order valence-electron chi connectivity index (χ4n) is 3.19. The minimum atomic E-state index is 0.147. The molecule has 5 heteroatoms. The molecule has 2 atom stereocenters. The molecule has 0 N–H and O–H groups in total. The number of rotatable bonds is 2. The molecule has 27 heavy (non-hydrogen) atoms. The third kappa shape index (κ3) is 3.93. The van der Waals surface area contributed by atoms with Crippen LogP contribution in [0.1, 0.15) is 29.8 Å². The van der Waals surface area contributed by atoms with Crippen LogP contribution in [0.4, 0.5) is 0 Å². The molecule has 4 nitrogen and oxygen atoms in total. The number of hydrogen-bond acceptors (Lipinski definition) is 5. The highest BCUT2D eigenvalue weighted by atomic mass is 32.1. The molecule has 2 aliphatic rings. The molecule has 0 fully saturated rings. The third-order valence-corrected chi connectivity index (χ3v) is 5.88. The van der Waals surface area contributed by atoms with Gasteiger partial charge >= 0.3 is 0 Å². The van der Waals surface area contributed by atoms with E-state index in [1.807, 2.05) is 25.2 Å². The van der Waals surface area contributed by atoms with Crippen molar-refractivity contribution >= 4 is 39.3 Å². The third-order valence-electron chi connectivity index (χ3n) is 4.79. The number of pyridine rings is 1. The fraction of sp³-hybridized carbons (Fsp3) is 0.318. The molecular formula is C22H24N4S. The van der Waals surface area contributed by atoms with Gasteiger partial charge in [0.15, 0.2) is 0 Å². The van der Waals surface area contributed by atoms with Gasteiger partial charge < -0.3 is 4.90 Å². The SMILES string of the molecule is CC1\C=C/C=C(c2cc3ccc(C4C=NC(N(C)C)=NC4)nc3s2)\C=C\C1. The number of aromatic nitrogens is 1. The zero-order valence-electron chi connectivity index (χ0n) is 16.0. The van der Waals surface area contributed by atoms with Crippen molar-refractivity contribution in [2.75, 3.05) is 20.6 Å². The Bertz CT molecular complexity index is 991. The van der Waals surface area contributed by atoms with Crippen LogP contribution in [0.25, 0.3) is 15.8 Å². The highest BCUT2D eigenvalue weighted by Crippen LogP contribution is 2.32. The lowest BCUT2D eigenvalue weighted by Gasteiger charge is -2.18. The fourth-order valence-corrected chi connectivity index (χ4v) is 4.23. The van der Waals surface area contributed by atoms with E-state index in [0.29, 0.717) is 12.5 Å². The van der Waals surface area contributed by atoms with Crippen molar-refractivity contribution in [2.45, 2.75) is 19.3 Å². The maximum absolute atomic E-state index is 4.91. The average Bonchev–Trinajstić information content (AvgIpc) is 3.07. The van der Waals surface area contributed by atoms with E-state index in [1.54, 1.807) is 11.3 Å². The smallest absolute Gasteiger partial charge is 0.219 e. The van der Waals surface area contributed by atoms with Gasteiger partial charge in [0.05, 0.1) is 18.2 Å². The van der Waals surface area contributed by atoms with Crippen molar-refractivity contribution < 1.29 is 0 Å². The van der Waals surface area contributed by atoms with Crippen LogP contribution in [-0.4, -0.2) is 42.7 Å². The molecule has 4 rings (SSSR count). The summed E-state index contributed by atoms with van der Waals surface area (Å²) in [6.07, 6.45) is 14.2. The highest BCUT2D eigenvalue weighted by Gasteiger charge is 2.17. The summed E-state index contributed by atoms with van der Waals surface area (Å²) in [5.41, 5.74) is 2.29. The van der Waals surface area contributed by atoms with E-state index >= 15 is 0 Å². The number of guanidine groups is 1. The van der Waals surface area contributed by atoms with E-state index in [4.69, 9.17) is 4.98 Å². The monoisotopic (exact) mass is 376 g/mol. The van der Waals surface area contributed by atoms with Crippen molar-refractivity contribution in [2.24, 2.45) is 15.9 Å². The molecule has 3 heterocycles. The molecule has 138 valence electrons. The lowest BCUT2D eigenvalue weighted by Crippen LogP contribution is -2.25. The predicted octanol–water partition coefficient (Wildman–Crippen LogP) is 4.92. The molecule has 0 amide bonds. The van der Waals surface area contributed by atoms with Crippen LogP contribution in [-0.2, 0) is 0 Å². The number of thiophene rings is 1. The van der Waals surface area contributed by atoms with Crippen molar-refractivity contribution in [1.29, 1.82) is 0 Å². The number of nitrogens with zero attached hydrogens (tertiary/aromatic N) is 4. The summed E-state index contributed by atoms with van der Waals surface area (Å²) in [7, 11) is 3.92. The zero-order chi connectivity index (χ0) is 18.8. The van der Waals surface area contributed by atoms with E-state index in [2.05, 4.69) is 65.5 Å². The number of allylic oxidation sites excluding steroid dienone is 6. The van der Waals surface area contributed by atoms with Gasteiger partial charge in [-0.05, 0) is 30.0 Å². The first-order valence-corrected chi connectivity index (χ1v) is 10.1. The van der Waals surface area contributed by atoms with Crippen LogP contribution < -0.4 is 0 Å². The summed E-state index contributed by atoms with van der Waals surface area (Å²) < 4.78 is 0. The molecule has 2 aromatic rings. The summed E-state index contributed by atoms with van der Waals surface area (Å²) in [5, 5.41) is 1.19. The summed E-state index contributed by atoms with van der Waals surface area (Å²) in [6, 6.07) is 6.51. The summed E-state index contributed by atoms with van der Waals surface area (Å²) in [6.45, 7) is 2.94. The predicted molar refractivity (Wildman–Crippen MR) is 117 cm³/mol. The van der Waals surface area contributed by atoms with Gasteiger partial charge in [-0.3, -0.25) is 4.99 Å². The lowest BCUT2D eigenvalue weighted by atomic mass is 10.0. The topological polar surface area (TPSA) is 40.9 Å². The normalized spacial score (nSPS) is 26.6. The van der Waals surface area contributed by atoms with Crippen molar-refractivity contribution in [3.63, 3.8) is 0 Å². The summed E-state index contributed by atoms with van der Waals surface area (Å²) >= 11 is 1.75. The van der Waals surface area contributed by atoms with E-state index in [9.17, 15) is 0 Å². The second-order valence-corrected chi connectivity index (χ2v) is 8.31. The van der Waals surface area contributed by atoms with Gasteiger partial charge in [0.1, 0.15) is 4.83 Å². The molecule has 0 saturated heterocycles. The Morgan fingerprint density at radius 2 is 2.11 bits per heavy atom. The van der Waals surface area contributed by atoms with Crippen LogP contribution in [0.5, 0.6) is 0 Å². The van der Waals surface area contributed by atoms with Crippen LogP contribution >= 0.6 is 11.3 Å². The van der Waals surface area contributed by atoms with E-state index in [0.717, 1.165) is 22.9 Å². The Hall–Kier alpha value is -2.53. The molecule has 0 radical (unpaired) electrons. The molecule has 0 spiro atoms. The van der Waals surface area contributed by atoms with E-state index in [-0.39, 0.29) is 5.92 Å². The standard InChI is InChI=1S/C22H24N4S/c1-15-6-4-8-16(9-5-7-15)20-12-17-10-11-19(25-21(17)27-20)18-13-23-22(24-14-18)26(2)3/h4-6,8-13,15,18H,7,14H2,1-3H3/b6-4-,9-5+,16-8+. The Morgan fingerprint density at radius 3 is 2.89 bits per heavy atom. The number of hydrogen-bond donors (Lipinski definition) is 0. The second kappa shape index (κ2) is 7.61. The van der Waals surface area contributed by atoms with Gasteiger partial charge in [0.25, 0.3) is 0 Å². The average molecular weight is 377 g/mol. The molecular weight excluding hydrogens is 352 g/mol. The molecule has 0 saturated carbocycles. The van der Waals surface area contributed by atoms with Gasteiger partial charge in [0.2, 0.25) is 5.96 Å². The van der Waals surface area contributed by atoms with Gasteiger partial charge in [-0.15, -0.1) is 11.3 Å². The maximum atomic E-state index is 4.91. The molecule has 0 bridgehead atoms. The van der Waals surface area contributed by atoms with Gasteiger partial charge in [-0.25, -0.2) is 9.98 Å². The highest BCUT2D eigenvalue weighted by molar-refractivity contribution is 7.19. The summed E-state index contributed by atoms with van der Waals surface area (Å²) in [5.74, 6) is 1.52. The van der Waals surface area contributed by atoms with E-state index < -0.39 is 0 Å². The van der Waals surface area contributed by atoms with Crippen molar-refractivity contribution in [1.82, 2.24) is 9.88 Å². The summed E-state index contributed by atoms with van der Waals surface area (Å²) in [4.78, 5) is 18.2. The van der Waals surface area contributed by atoms with Crippen molar-refractivity contribution in [3.05, 3.63) is 59.2 Å². The second-order valence-electron chi connectivity index (χ2n) is 7.28. The number of fused-ring (bicyclic) bond motifs is 1. The molecule has 1 aliphatic carbocycles. The Morgan fingerprint density at radius 1 is 1.22 bits per heavy atom. The van der Waals surface area contributed by atoms with Gasteiger partial charge in [-0.2, -0.15) is 0 Å². The lowest BCUT2D eigenvalue weighted by molar-refractivity contribution is 0.604. The largest absolute Gasteiger partial charge is 0.347 e. The van der Waals surface area contributed by atoms with Crippen LogP contribution in [0.15, 0.2) is 58.6 Å². The number of aliphatic imine (C=N–C) groups is 2. The zero-order valence-corrected chi connectivity index (χ0v) is 16.8. The molecule has 2 unspecified atom stereocenters. The van der Waals surface area contributed by atoms with Crippen LogP contribution in [0.2, 0.25) is 0 Å². The first-order chi connectivity index (χ1) is 13.1. The van der Waals surface area contributed by atoms with Crippen LogP contribution in [0, 0.1) is 5.92 Å². The van der Waals surface area contributed by atoms with Crippen LogP contribution in [0.3, 0.4) is 0 Å². The minimum Gasteiger partial charge on any atom is -0.347 e. The molecule has 2 aromatic heterocycles. The Balaban J connectivity index is 1.61. The first-order valence-electron chi connectivity index (χ1n) is 9.32. The molecule has 0 aromatic carbocycles. The maximum Gasteiger partial charge on any atom is 0.219 e. The molecule has 1 aliphatic heterocycles. The van der Waals surface area contributed by atoms with Crippen molar-refractivity contribution in [3.8, 4) is 0 Å². The van der Waals surface area contributed by atoms with E-state index in [1.165, 1.54) is 15.8 Å². The Labute approximate surface area is 164 Å². The van der Waals surface area contributed by atoms with Gasteiger partial charge in [0, 0.05) is 30.6 Å². The first kappa shape index (κ1) is 17.9. The van der Waals surface area contributed by atoms with Gasteiger partial charge in [-0.1, -0.05) is 43.4 Å².